The fraction of sp³-hybridized carbons (Fsp3) is 0.273. The van der Waals surface area contributed by atoms with Crippen LogP contribution in [0.3, 0.4) is 0 Å². The monoisotopic (exact) mass is 253 g/mol. The average Bonchev–Trinajstić information content (AvgIpc) is 2.18. The highest BCUT2D eigenvalue weighted by Gasteiger charge is 2.07. The Morgan fingerprint density at radius 3 is 2.86 bits per heavy atom. The van der Waals surface area contributed by atoms with E-state index in [0.29, 0.717) is 6.42 Å². The lowest BCUT2D eigenvalue weighted by molar-refractivity contribution is 0.412. The van der Waals surface area contributed by atoms with Crippen LogP contribution in [0.15, 0.2) is 22.7 Å². The lowest BCUT2D eigenvalue weighted by Crippen LogP contribution is -2.09. The lowest BCUT2D eigenvalue weighted by atomic mass is 10.1. The fourth-order valence-corrected chi connectivity index (χ4v) is 1.72. The Morgan fingerprint density at radius 1 is 1.64 bits per heavy atom. The molecule has 0 aliphatic heterocycles. The van der Waals surface area contributed by atoms with E-state index in [1.165, 1.54) is 0 Å². The number of hydrogen-bond donors (Lipinski definition) is 1. The summed E-state index contributed by atoms with van der Waals surface area (Å²) in [6, 6.07) is 5.62. The second kappa shape index (κ2) is 5.04. The fourth-order valence-electron chi connectivity index (χ4n) is 1.16. The van der Waals surface area contributed by atoms with Crippen LogP contribution in [0.5, 0.6) is 5.75 Å². The van der Waals surface area contributed by atoms with Gasteiger partial charge >= 0.3 is 0 Å². The third kappa shape index (κ3) is 2.50. The average molecular weight is 254 g/mol. The van der Waals surface area contributed by atoms with Gasteiger partial charge in [0.15, 0.2) is 0 Å². The summed E-state index contributed by atoms with van der Waals surface area (Å²) >= 11 is 3.39. The van der Waals surface area contributed by atoms with Crippen LogP contribution in [0.2, 0.25) is 0 Å². The van der Waals surface area contributed by atoms with Crippen LogP contribution in [-0.2, 0) is 0 Å². The van der Waals surface area contributed by atoms with Gasteiger partial charge in [0.2, 0.25) is 0 Å². The minimum atomic E-state index is -0.109. The summed E-state index contributed by atoms with van der Waals surface area (Å²) in [7, 11) is 1.63. The van der Waals surface area contributed by atoms with Crippen molar-refractivity contribution in [2.45, 2.75) is 12.5 Å². The molecule has 0 spiro atoms. The number of nitrogens with two attached hydrogens (primary N) is 1. The number of ether oxygens (including phenoxy) is 1. The van der Waals surface area contributed by atoms with E-state index in [4.69, 9.17) is 16.9 Å². The summed E-state index contributed by atoms with van der Waals surface area (Å²) in [5.74, 6) is 3.34. The second-order valence-electron chi connectivity index (χ2n) is 2.91. The molecule has 0 saturated heterocycles. The van der Waals surface area contributed by atoms with Gasteiger partial charge in [-0.2, -0.15) is 0 Å². The van der Waals surface area contributed by atoms with Gasteiger partial charge in [-0.3, -0.25) is 0 Å². The first-order valence-corrected chi connectivity index (χ1v) is 5.00. The molecule has 14 heavy (non-hydrogen) atoms. The van der Waals surface area contributed by atoms with Crippen LogP contribution in [0.4, 0.5) is 0 Å². The molecule has 1 unspecified atom stereocenters. The van der Waals surface area contributed by atoms with Gasteiger partial charge in [-0.1, -0.05) is 6.07 Å². The smallest absolute Gasteiger partial charge is 0.133 e. The largest absolute Gasteiger partial charge is 0.496 e. The predicted octanol–water partition coefficient (Wildman–Crippen LogP) is 2.48. The predicted molar refractivity (Wildman–Crippen MR) is 61.1 cm³/mol. The Labute approximate surface area is 92.6 Å². The van der Waals surface area contributed by atoms with E-state index in [1.54, 1.807) is 7.11 Å². The molecule has 0 saturated carbocycles. The van der Waals surface area contributed by atoms with Gasteiger partial charge in [0.05, 0.1) is 11.6 Å². The van der Waals surface area contributed by atoms with Gasteiger partial charge < -0.3 is 10.5 Å². The minimum absolute atomic E-state index is 0.109. The van der Waals surface area contributed by atoms with E-state index in [9.17, 15) is 0 Å². The standard InChI is InChI=1S/C11H12BrNO/c1-3-4-10(13)8-5-6-11(14-2)9(12)7-8/h1,5-7,10H,4,13H2,2H3. The van der Waals surface area contributed by atoms with E-state index in [0.717, 1.165) is 15.8 Å². The van der Waals surface area contributed by atoms with E-state index in [1.807, 2.05) is 18.2 Å². The van der Waals surface area contributed by atoms with Crippen LogP contribution < -0.4 is 10.5 Å². The molecule has 0 radical (unpaired) electrons. The van der Waals surface area contributed by atoms with Crippen LogP contribution in [0.1, 0.15) is 18.0 Å². The molecule has 0 amide bonds. The van der Waals surface area contributed by atoms with Crippen molar-refractivity contribution in [1.82, 2.24) is 0 Å². The number of terminal acetylenes is 1. The van der Waals surface area contributed by atoms with E-state index in [-0.39, 0.29) is 6.04 Å². The molecular formula is C11H12BrNO. The van der Waals surface area contributed by atoms with Crippen LogP contribution in [0.25, 0.3) is 0 Å². The SMILES string of the molecule is C#CCC(N)c1ccc(OC)c(Br)c1. The highest BCUT2D eigenvalue weighted by Crippen LogP contribution is 2.28. The van der Waals surface area contributed by atoms with Crippen LogP contribution in [0, 0.1) is 12.3 Å². The molecule has 0 heterocycles. The summed E-state index contributed by atoms with van der Waals surface area (Å²) < 4.78 is 6.01. The van der Waals surface area contributed by atoms with Gasteiger partial charge in [-0.05, 0) is 33.6 Å². The van der Waals surface area contributed by atoms with Gasteiger partial charge in [0, 0.05) is 12.5 Å². The Morgan fingerprint density at radius 2 is 2.36 bits per heavy atom. The van der Waals surface area contributed by atoms with Crippen LogP contribution in [-0.4, -0.2) is 7.11 Å². The van der Waals surface area contributed by atoms with Gasteiger partial charge in [-0.15, -0.1) is 12.3 Å². The van der Waals surface area contributed by atoms with Crippen molar-refractivity contribution in [3.63, 3.8) is 0 Å². The summed E-state index contributed by atoms with van der Waals surface area (Å²) in [6.45, 7) is 0. The lowest BCUT2D eigenvalue weighted by Gasteiger charge is -2.10. The van der Waals surface area contributed by atoms with Crippen molar-refractivity contribution in [2.24, 2.45) is 5.73 Å². The Hall–Kier alpha value is -0.980. The first-order valence-electron chi connectivity index (χ1n) is 4.21. The third-order valence-electron chi connectivity index (χ3n) is 1.94. The molecule has 0 aliphatic rings. The molecule has 1 aromatic carbocycles. The highest BCUT2D eigenvalue weighted by atomic mass is 79.9. The molecule has 2 N–H and O–H groups in total. The Bertz CT molecular complexity index is 357. The van der Waals surface area contributed by atoms with E-state index < -0.39 is 0 Å². The summed E-state index contributed by atoms with van der Waals surface area (Å²) in [4.78, 5) is 0. The van der Waals surface area contributed by atoms with Gasteiger partial charge in [0.1, 0.15) is 5.75 Å². The minimum Gasteiger partial charge on any atom is -0.496 e. The normalized spacial score (nSPS) is 11.9. The van der Waals surface area contributed by atoms with Crippen molar-refractivity contribution in [2.75, 3.05) is 7.11 Å². The summed E-state index contributed by atoms with van der Waals surface area (Å²) in [5, 5.41) is 0. The highest BCUT2D eigenvalue weighted by molar-refractivity contribution is 9.10. The zero-order valence-corrected chi connectivity index (χ0v) is 9.54. The molecule has 74 valence electrons. The summed E-state index contributed by atoms with van der Waals surface area (Å²) in [5.41, 5.74) is 6.87. The first kappa shape index (κ1) is 11.1. The van der Waals surface area contributed by atoms with Crippen molar-refractivity contribution in [3.05, 3.63) is 28.2 Å². The second-order valence-corrected chi connectivity index (χ2v) is 3.76. The zero-order chi connectivity index (χ0) is 10.6. The van der Waals surface area contributed by atoms with E-state index >= 15 is 0 Å². The maximum Gasteiger partial charge on any atom is 0.133 e. The van der Waals surface area contributed by atoms with Gasteiger partial charge in [0.25, 0.3) is 0 Å². The number of rotatable bonds is 3. The quantitative estimate of drug-likeness (QED) is 0.841. The molecule has 3 heteroatoms. The molecule has 0 aromatic heterocycles. The molecule has 2 nitrogen and oxygen atoms in total. The molecular weight excluding hydrogens is 242 g/mol. The maximum absolute atomic E-state index is 5.86. The van der Waals surface area contributed by atoms with Crippen molar-refractivity contribution < 1.29 is 4.74 Å². The maximum atomic E-state index is 5.86. The first-order chi connectivity index (χ1) is 6.69. The van der Waals surface area contributed by atoms with E-state index in [2.05, 4.69) is 21.9 Å². The molecule has 0 aliphatic carbocycles. The molecule has 1 rings (SSSR count). The molecule has 1 atom stereocenters. The number of halogens is 1. The Kier molecular flexibility index (Phi) is 3.99. The number of methoxy groups -OCH3 is 1. The molecule has 1 aromatic rings. The Balaban J connectivity index is 2.92. The number of benzene rings is 1. The van der Waals surface area contributed by atoms with Crippen LogP contribution >= 0.6 is 15.9 Å². The van der Waals surface area contributed by atoms with Crippen molar-refractivity contribution in [1.29, 1.82) is 0 Å². The molecule has 0 fully saturated rings. The third-order valence-corrected chi connectivity index (χ3v) is 2.56. The van der Waals surface area contributed by atoms with Crippen molar-refractivity contribution >= 4 is 15.9 Å². The van der Waals surface area contributed by atoms with Crippen molar-refractivity contribution in [3.8, 4) is 18.1 Å². The summed E-state index contributed by atoms with van der Waals surface area (Å²) in [6.07, 6.45) is 5.73. The topological polar surface area (TPSA) is 35.2 Å². The van der Waals surface area contributed by atoms with Gasteiger partial charge in [-0.25, -0.2) is 0 Å². The molecule has 0 bridgehead atoms. The zero-order valence-electron chi connectivity index (χ0n) is 7.96. The number of hydrogen-bond acceptors (Lipinski definition) is 2.